The largest absolute Gasteiger partial charge is 0.490 e. The number of nitrogens with one attached hydrogen (secondary N) is 1. The normalized spacial score (nSPS) is 14.7. The van der Waals surface area contributed by atoms with E-state index in [1.807, 2.05) is 13.8 Å². The third kappa shape index (κ3) is 4.83. The first-order chi connectivity index (χ1) is 15.3. The van der Waals surface area contributed by atoms with Crippen molar-refractivity contribution < 1.29 is 33.0 Å². The molecule has 1 aromatic carbocycles. The molecule has 0 atom stereocenters. The van der Waals surface area contributed by atoms with Gasteiger partial charge in [0, 0.05) is 4.47 Å². The van der Waals surface area contributed by atoms with Crippen LogP contribution in [0.15, 0.2) is 37.3 Å². The van der Waals surface area contributed by atoms with Crippen molar-refractivity contribution in [3.8, 4) is 11.5 Å². The van der Waals surface area contributed by atoms with Crippen molar-refractivity contribution in [2.45, 2.75) is 20.4 Å². The van der Waals surface area contributed by atoms with Gasteiger partial charge in [-0.25, -0.2) is 9.59 Å². The van der Waals surface area contributed by atoms with Crippen molar-refractivity contribution in [1.82, 2.24) is 10.2 Å². The number of imide groups is 1. The monoisotopic (exact) mass is 570 g/mol. The maximum atomic E-state index is 12.9. The number of nitrogens with zero attached hydrogens (tertiary/aromatic N) is 1. The van der Waals surface area contributed by atoms with Gasteiger partial charge in [-0.1, -0.05) is 0 Å². The smallest absolute Gasteiger partial charge is 0.373 e. The number of halogens is 2. The van der Waals surface area contributed by atoms with Crippen LogP contribution in [0.25, 0.3) is 6.08 Å². The summed E-state index contributed by atoms with van der Waals surface area (Å²) in [5, 5.41) is 2.56. The number of ether oxygens (including phenoxy) is 3. The molecule has 1 fully saturated rings. The molecule has 2 heterocycles. The van der Waals surface area contributed by atoms with Crippen LogP contribution in [0.3, 0.4) is 0 Å². The minimum absolute atomic E-state index is 0.0167. The van der Waals surface area contributed by atoms with Crippen LogP contribution in [-0.2, 0) is 16.1 Å². The summed E-state index contributed by atoms with van der Waals surface area (Å²) < 4.78 is 22.5. The molecule has 170 valence electrons. The average Bonchev–Trinajstić information content (AvgIpc) is 3.34. The van der Waals surface area contributed by atoms with Gasteiger partial charge in [0.2, 0.25) is 5.76 Å². The highest BCUT2D eigenvalue weighted by atomic mass is 79.9. The number of rotatable bonds is 8. The standard InChI is InChI=1S/C21H20Br2N2O7/c1-4-30-15-9-11(16(22)17(23)18(15)31-5-2)8-13-19(26)25(21(28)24-13)10-12-6-7-14(32-12)20(27)29-3/h6-9H,4-5,10H2,1-3H3,(H,24,28)/b13-8-. The Morgan fingerprint density at radius 2 is 1.88 bits per heavy atom. The average molecular weight is 572 g/mol. The van der Waals surface area contributed by atoms with E-state index in [1.165, 1.54) is 25.3 Å². The molecule has 2 aromatic rings. The Kier molecular flexibility index (Phi) is 7.62. The van der Waals surface area contributed by atoms with E-state index in [0.717, 1.165) is 4.90 Å². The second kappa shape index (κ2) is 10.2. The van der Waals surface area contributed by atoms with Crippen LogP contribution in [0.1, 0.15) is 35.7 Å². The predicted molar refractivity (Wildman–Crippen MR) is 121 cm³/mol. The molecule has 0 radical (unpaired) electrons. The Hall–Kier alpha value is -2.79. The molecule has 1 N–H and O–H groups in total. The van der Waals surface area contributed by atoms with E-state index >= 15 is 0 Å². The minimum atomic E-state index is -0.648. The summed E-state index contributed by atoms with van der Waals surface area (Å²) in [6, 6.07) is 4.03. The molecular weight excluding hydrogens is 552 g/mol. The van der Waals surface area contributed by atoms with Gasteiger partial charge in [-0.2, -0.15) is 0 Å². The molecular formula is C21H20Br2N2O7. The number of hydrogen-bond donors (Lipinski definition) is 1. The molecule has 1 aliphatic rings. The van der Waals surface area contributed by atoms with E-state index in [2.05, 4.69) is 41.9 Å². The predicted octanol–water partition coefficient (Wildman–Crippen LogP) is 4.48. The summed E-state index contributed by atoms with van der Waals surface area (Å²) >= 11 is 6.99. The summed E-state index contributed by atoms with van der Waals surface area (Å²) in [7, 11) is 1.23. The third-order valence-electron chi connectivity index (χ3n) is 4.37. The Morgan fingerprint density at radius 1 is 1.16 bits per heavy atom. The highest BCUT2D eigenvalue weighted by Crippen LogP contribution is 2.43. The van der Waals surface area contributed by atoms with Crippen molar-refractivity contribution in [3.63, 3.8) is 0 Å². The summed E-state index contributed by atoms with van der Waals surface area (Å²) in [5.74, 6) is 0.0866. The first-order valence-corrected chi connectivity index (χ1v) is 11.2. The fraction of sp³-hybridized carbons (Fsp3) is 0.286. The zero-order valence-electron chi connectivity index (χ0n) is 17.5. The van der Waals surface area contributed by atoms with Crippen LogP contribution in [0.5, 0.6) is 11.5 Å². The number of hydrogen-bond acceptors (Lipinski definition) is 7. The van der Waals surface area contributed by atoms with E-state index in [-0.39, 0.29) is 23.8 Å². The topological polar surface area (TPSA) is 107 Å². The quantitative estimate of drug-likeness (QED) is 0.283. The fourth-order valence-corrected chi connectivity index (χ4v) is 3.90. The summed E-state index contributed by atoms with van der Waals surface area (Å²) in [6.07, 6.45) is 1.54. The van der Waals surface area contributed by atoms with E-state index < -0.39 is 17.9 Å². The number of urea groups is 1. The molecule has 32 heavy (non-hydrogen) atoms. The maximum Gasteiger partial charge on any atom is 0.373 e. The van der Waals surface area contributed by atoms with Crippen molar-refractivity contribution in [3.05, 3.63) is 49.9 Å². The number of benzene rings is 1. The molecule has 1 aromatic heterocycles. The lowest BCUT2D eigenvalue weighted by Crippen LogP contribution is -2.30. The summed E-state index contributed by atoms with van der Waals surface area (Å²) in [4.78, 5) is 37.8. The first kappa shape index (κ1) is 23.9. The number of carbonyl (C=O) groups is 3. The summed E-state index contributed by atoms with van der Waals surface area (Å²) in [6.45, 7) is 4.43. The molecule has 0 aliphatic carbocycles. The van der Waals surface area contributed by atoms with E-state index in [9.17, 15) is 14.4 Å². The molecule has 1 aliphatic heterocycles. The Balaban J connectivity index is 1.88. The molecule has 0 saturated carbocycles. The lowest BCUT2D eigenvalue weighted by atomic mass is 10.1. The van der Waals surface area contributed by atoms with Gasteiger partial charge in [0.25, 0.3) is 5.91 Å². The first-order valence-electron chi connectivity index (χ1n) is 9.59. The van der Waals surface area contributed by atoms with Crippen LogP contribution in [-0.4, -0.2) is 43.1 Å². The maximum absolute atomic E-state index is 12.9. The molecule has 3 amide bonds. The number of esters is 1. The van der Waals surface area contributed by atoms with Crippen molar-refractivity contribution >= 4 is 55.8 Å². The molecule has 3 rings (SSSR count). The molecule has 1 saturated heterocycles. The fourth-order valence-electron chi connectivity index (χ4n) is 2.95. The molecule has 0 unspecified atom stereocenters. The van der Waals surface area contributed by atoms with E-state index in [1.54, 1.807) is 6.07 Å². The van der Waals surface area contributed by atoms with Crippen LogP contribution in [0.4, 0.5) is 4.79 Å². The van der Waals surface area contributed by atoms with Gasteiger partial charge >= 0.3 is 12.0 Å². The van der Waals surface area contributed by atoms with E-state index in [4.69, 9.17) is 13.9 Å². The van der Waals surface area contributed by atoms with Gasteiger partial charge in [-0.05, 0) is 75.5 Å². The van der Waals surface area contributed by atoms with Crippen molar-refractivity contribution in [1.29, 1.82) is 0 Å². The number of methoxy groups -OCH3 is 1. The zero-order valence-corrected chi connectivity index (χ0v) is 20.7. The highest BCUT2D eigenvalue weighted by molar-refractivity contribution is 9.13. The van der Waals surface area contributed by atoms with Crippen molar-refractivity contribution in [2.24, 2.45) is 0 Å². The van der Waals surface area contributed by atoms with Crippen LogP contribution in [0, 0.1) is 0 Å². The Morgan fingerprint density at radius 3 is 2.53 bits per heavy atom. The second-order valence-corrected chi connectivity index (χ2v) is 8.01. The Bertz CT molecular complexity index is 1090. The SMILES string of the molecule is CCOc1cc(/C=C2\NC(=O)N(Cc3ccc(C(=O)OC)o3)C2=O)c(Br)c(Br)c1OCC. The molecule has 9 nitrogen and oxygen atoms in total. The van der Waals surface area contributed by atoms with Crippen LogP contribution in [0.2, 0.25) is 0 Å². The second-order valence-electron chi connectivity index (χ2n) is 6.42. The zero-order chi connectivity index (χ0) is 23.4. The van der Waals surface area contributed by atoms with Gasteiger partial charge in [-0.15, -0.1) is 0 Å². The van der Waals surface area contributed by atoms with E-state index in [0.29, 0.717) is 39.2 Å². The molecule has 11 heteroatoms. The minimum Gasteiger partial charge on any atom is -0.490 e. The number of furan rings is 1. The molecule has 0 spiro atoms. The third-order valence-corrected chi connectivity index (χ3v) is 6.51. The van der Waals surface area contributed by atoms with Gasteiger partial charge in [-0.3, -0.25) is 9.69 Å². The lowest BCUT2D eigenvalue weighted by molar-refractivity contribution is -0.123. The van der Waals surface area contributed by atoms with Gasteiger partial charge < -0.3 is 23.9 Å². The van der Waals surface area contributed by atoms with Crippen LogP contribution >= 0.6 is 31.9 Å². The van der Waals surface area contributed by atoms with Gasteiger partial charge in [0.15, 0.2) is 11.5 Å². The van der Waals surface area contributed by atoms with Gasteiger partial charge in [0.1, 0.15) is 11.5 Å². The summed E-state index contributed by atoms with van der Waals surface area (Å²) in [5.41, 5.74) is 0.675. The lowest BCUT2D eigenvalue weighted by Gasteiger charge is -2.15. The number of amides is 3. The number of carbonyl (C=O) groups excluding carboxylic acids is 3. The molecule has 0 bridgehead atoms. The van der Waals surface area contributed by atoms with Crippen molar-refractivity contribution in [2.75, 3.05) is 20.3 Å². The highest BCUT2D eigenvalue weighted by Gasteiger charge is 2.34. The van der Waals surface area contributed by atoms with Crippen LogP contribution < -0.4 is 14.8 Å². The van der Waals surface area contributed by atoms with Gasteiger partial charge in [0.05, 0.1) is 31.3 Å². The Labute approximate surface area is 200 Å².